The summed E-state index contributed by atoms with van der Waals surface area (Å²) in [7, 11) is 0. The predicted octanol–water partition coefficient (Wildman–Crippen LogP) is 3.42. The second-order valence-electron chi connectivity index (χ2n) is 5.61. The highest BCUT2D eigenvalue weighted by Crippen LogP contribution is 2.15. The fraction of sp³-hybridized carbons (Fsp3) is 0.421. The molecule has 0 bridgehead atoms. The molecule has 1 unspecified atom stereocenters. The molecule has 0 spiro atoms. The molecule has 1 atom stereocenters. The van der Waals surface area contributed by atoms with E-state index in [1.807, 2.05) is 44.2 Å². The molecule has 0 saturated heterocycles. The standard InChI is InChI=1S/C19H27N3O2/c1-4-20-19(22-16(3)18-11-10-15(2)24-18)21-12-13-23-14-17-8-6-5-7-9-17/h5-11,16H,4,12-14H2,1-3H3,(H2,20,21,22). The minimum Gasteiger partial charge on any atom is -0.464 e. The number of aliphatic imine (C=N–C) groups is 1. The van der Waals surface area contributed by atoms with Gasteiger partial charge in [-0.25, -0.2) is 0 Å². The quantitative estimate of drug-likeness (QED) is 0.443. The number of rotatable bonds is 8. The van der Waals surface area contributed by atoms with Gasteiger partial charge in [0.1, 0.15) is 11.5 Å². The summed E-state index contributed by atoms with van der Waals surface area (Å²) in [5.41, 5.74) is 1.17. The van der Waals surface area contributed by atoms with E-state index in [0.29, 0.717) is 19.8 Å². The average molecular weight is 329 g/mol. The van der Waals surface area contributed by atoms with Crippen LogP contribution < -0.4 is 10.6 Å². The Morgan fingerprint density at radius 2 is 2.00 bits per heavy atom. The molecule has 0 saturated carbocycles. The minimum absolute atomic E-state index is 0.0572. The van der Waals surface area contributed by atoms with E-state index >= 15 is 0 Å². The highest BCUT2D eigenvalue weighted by atomic mass is 16.5. The van der Waals surface area contributed by atoms with Crippen molar-refractivity contribution in [1.82, 2.24) is 10.6 Å². The van der Waals surface area contributed by atoms with E-state index in [4.69, 9.17) is 9.15 Å². The van der Waals surface area contributed by atoms with E-state index in [2.05, 4.69) is 34.7 Å². The molecule has 2 rings (SSSR count). The monoisotopic (exact) mass is 329 g/mol. The highest BCUT2D eigenvalue weighted by Gasteiger charge is 2.10. The van der Waals surface area contributed by atoms with Gasteiger partial charge in [-0.15, -0.1) is 0 Å². The number of ether oxygens (including phenoxy) is 1. The topological polar surface area (TPSA) is 58.8 Å². The van der Waals surface area contributed by atoms with E-state index < -0.39 is 0 Å². The number of benzene rings is 1. The lowest BCUT2D eigenvalue weighted by Crippen LogP contribution is -2.38. The zero-order valence-corrected chi connectivity index (χ0v) is 14.7. The summed E-state index contributed by atoms with van der Waals surface area (Å²) in [6.07, 6.45) is 0. The maximum Gasteiger partial charge on any atom is 0.191 e. The molecule has 0 amide bonds. The summed E-state index contributed by atoms with van der Waals surface area (Å²) in [5.74, 6) is 2.58. The van der Waals surface area contributed by atoms with Crippen molar-refractivity contribution < 1.29 is 9.15 Å². The van der Waals surface area contributed by atoms with Gasteiger partial charge in [0.25, 0.3) is 0 Å². The fourth-order valence-corrected chi connectivity index (χ4v) is 2.27. The molecule has 2 aromatic rings. The van der Waals surface area contributed by atoms with Gasteiger partial charge in [0, 0.05) is 6.54 Å². The van der Waals surface area contributed by atoms with Gasteiger partial charge in [-0.2, -0.15) is 0 Å². The first-order chi connectivity index (χ1) is 11.7. The maximum absolute atomic E-state index is 5.66. The summed E-state index contributed by atoms with van der Waals surface area (Å²) in [6.45, 7) is 8.65. The number of furan rings is 1. The summed E-state index contributed by atoms with van der Waals surface area (Å²) in [5, 5.41) is 6.59. The number of hydrogen-bond acceptors (Lipinski definition) is 3. The Morgan fingerprint density at radius 3 is 2.67 bits per heavy atom. The Balaban J connectivity index is 1.77. The van der Waals surface area contributed by atoms with Gasteiger partial charge < -0.3 is 19.8 Å². The van der Waals surface area contributed by atoms with Crippen LogP contribution in [-0.2, 0) is 11.3 Å². The van der Waals surface area contributed by atoms with Crippen molar-refractivity contribution in [2.24, 2.45) is 4.99 Å². The molecule has 0 radical (unpaired) electrons. The Labute approximate surface area is 144 Å². The van der Waals surface area contributed by atoms with Gasteiger partial charge in [0.15, 0.2) is 5.96 Å². The molecule has 0 fully saturated rings. The van der Waals surface area contributed by atoms with Crippen molar-refractivity contribution in [3.63, 3.8) is 0 Å². The average Bonchev–Trinajstić information content (AvgIpc) is 3.02. The van der Waals surface area contributed by atoms with Crippen molar-refractivity contribution in [3.8, 4) is 0 Å². The molecule has 5 nitrogen and oxygen atoms in total. The van der Waals surface area contributed by atoms with Crippen molar-refractivity contribution >= 4 is 5.96 Å². The minimum atomic E-state index is 0.0572. The first-order valence-corrected chi connectivity index (χ1v) is 8.42. The van der Waals surface area contributed by atoms with E-state index in [1.54, 1.807) is 0 Å². The zero-order valence-electron chi connectivity index (χ0n) is 14.7. The Bertz CT molecular complexity index is 623. The highest BCUT2D eigenvalue weighted by molar-refractivity contribution is 5.80. The maximum atomic E-state index is 5.66. The molecule has 5 heteroatoms. The Morgan fingerprint density at radius 1 is 1.21 bits per heavy atom. The SMILES string of the molecule is CCNC(=NCCOCc1ccccc1)NC(C)c1ccc(C)o1. The zero-order chi connectivity index (χ0) is 17.2. The van der Waals surface area contributed by atoms with Crippen LogP contribution in [-0.4, -0.2) is 25.7 Å². The Kier molecular flexibility index (Phi) is 7.36. The molecular weight excluding hydrogens is 302 g/mol. The predicted molar refractivity (Wildman–Crippen MR) is 97.1 cm³/mol. The van der Waals surface area contributed by atoms with Gasteiger partial charge in [0.05, 0.1) is 25.8 Å². The van der Waals surface area contributed by atoms with Crippen molar-refractivity contribution in [1.29, 1.82) is 0 Å². The van der Waals surface area contributed by atoms with Gasteiger partial charge in [-0.1, -0.05) is 30.3 Å². The van der Waals surface area contributed by atoms with Crippen LogP contribution in [0.25, 0.3) is 0 Å². The lowest BCUT2D eigenvalue weighted by atomic mass is 10.2. The normalized spacial score (nSPS) is 12.9. The van der Waals surface area contributed by atoms with Crippen LogP contribution in [0.5, 0.6) is 0 Å². The second-order valence-corrected chi connectivity index (χ2v) is 5.61. The van der Waals surface area contributed by atoms with Gasteiger partial charge in [-0.3, -0.25) is 4.99 Å². The fourth-order valence-electron chi connectivity index (χ4n) is 2.27. The first-order valence-electron chi connectivity index (χ1n) is 8.42. The number of nitrogens with one attached hydrogen (secondary N) is 2. The molecule has 130 valence electrons. The van der Waals surface area contributed by atoms with Gasteiger partial charge >= 0.3 is 0 Å². The lowest BCUT2D eigenvalue weighted by molar-refractivity contribution is 0.128. The molecule has 0 aliphatic heterocycles. The second kappa shape index (κ2) is 9.78. The lowest BCUT2D eigenvalue weighted by Gasteiger charge is -2.16. The number of guanidine groups is 1. The molecule has 1 aromatic heterocycles. The number of nitrogens with zero attached hydrogens (tertiary/aromatic N) is 1. The van der Waals surface area contributed by atoms with Crippen LogP contribution in [0.4, 0.5) is 0 Å². The van der Waals surface area contributed by atoms with Crippen molar-refractivity contribution in [3.05, 3.63) is 59.5 Å². The van der Waals surface area contributed by atoms with E-state index in [9.17, 15) is 0 Å². The van der Waals surface area contributed by atoms with E-state index in [-0.39, 0.29) is 6.04 Å². The number of hydrogen-bond donors (Lipinski definition) is 2. The van der Waals surface area contributed by atoms with Crippen LogP contribution in [0.3, 0.4) is 0 Å². The summed E-state index contributed by atoms with van der Waals surface area (Å²) >= 11 is 0. The van der Waals surface area contributed by atoms with E-state index in [1.165, 1.54) is 5.56 Å². The third kappa shape index (κ3) is 6.08. The molecule has 2 N–H and O–H groups in total. The van der Waals surface area contributed by atoms with Crippen LogP contribution >= 0.6 is 0 Å². The molecule has 1 heterocycles. The first kappa shape index (κ1) is 18.1. The summed E-state index contributed by atoms with van der Waals surface area (Å²) in [4.78, 5) is 4.54. The third-order valence-electron chi connectivity index (χ3n) is 3.50. The number of aryl methyl sites for hydroxylation is 1. The summed E-state index contributed by atoms with van der Waals surface area (Å²) in [6, 6.07) is 14.2. The third-order valence-corrected chi connectivity index (χ3v) is 3.50. The smallest absolute Gasteiger partial charge is 0.191 e. The van der Waals surface area contributed by atoms with Crippen LogP contribution in [0, 0.1) is 6.92 Å². The van der Waals surface area contributed by atoms with Crippen LogP contribution in [0.15, 0.2) is 51.9 Å². The molecule has 1 aromatic carbocycles. The van der Waals surface area contributed by atoms with Crippen LogP contribution in [0.2, 0.25) is 0 Å². The molecule has 24 heavy (non-hydrogen) atoms. The summed E-state index contributed by atoms with van der Waals surface area (Å²) < 4.78 is 11.3. The Hall–Kier alpha value is -2.27. The van der Waals surface area contributed by atoms with Crippen molar-refractivity contribution in [2.45, 2.75) is 33.4 Å². The molecular formula is C19H27N3O2. The van der Waals surface area contributed by atoms with E-state index in [0.717, 1.165) is 24.0 Å². The van der Waals surface area contributed by atoms with Crippen LogP contribution in [0.1, 0.15) is 37.0 Å². The molecule has 0 aliphatic carbocycles. The molecule has 0 aliphatic rings. The van der Waals surface area contributed by atoms with Gasteiger partial charge in [-0.05, 0) is 38.5 Å². The van der Waals surface area contributed by atoms with Gasteiger partial charge in [0.2, 0.25) is 0 Å². The van der Waals surface area contributed by atoms with Crippen molar-refractivity contribution in [2.75, 3.05) is 19.7 Å². The largest absolute Gasteiger partial charge is 0.464 e.